The van der Waals surface area contributed by atoms with Gasteiger partial charge in [0.05, 0.1) is 9.92 Å². The summed E-state index contributed by atoms with van der Waals surface area (Å²) in [4.78, 5) is -0.0988. The van der Waals surface area contributed by atoms with Crippen molar-refractivity contribution in [1.29, 1.82) is 0 Å². The maximum Gasteiger partial charge on any atom is 0.241 e. The van der Waals surface area contributed by atoms with Crippen LogP contribution in [-0.4, -0.2) is 21.6 Å². The summed E-state index contributed by atoms with van der Waals surface area (Å²) in [6.07, 6.45) is 0. The second-order valence-corrected chi connectivity index (χ2v) is 7.44. The highest BCUT2D eigenvalue weighted by molar-refractivity contribution is 7.89. The largest absolute Gasteiger partial charge is 0.486 e. The van der Waals surface area contributed by atoms with Gasteiger partial charge in [0.1, 0.15) is 19.0 Å². The van der Waals surface area contributed by atoms with E-state index in [0.29, 0.717) is 24.7 Å². The van der Waals surface area contributed by atoms with Crippen molar-refractivity contribution in [1.82, 2.24) is 4.72 Å². The number of rotatable bonds is 4. The minimum atomic E-state index is -3.84. The van der Waals surface area contributed by atoms with E-state index in [1.54, 1.807) is 25.1 Å². The SMILES string of the molecule is C[C@H](NS(=O)(=O)c1ccc(F)c(Cl)c1)c1ccc2c(c1)OCCO2. The Labute approximate surface area is 144 Å². The van der Waals surface area contributed by atoms with Crippen molar-refractivity contribution in [3.63, 3.8) is 0 Å². The zero-order valence-corrected chi connectivity index (χ0v) is 14.3. The van der Waals surface area contributed by atoms with Gasteiger partial charge in [-0.1, -0.05) is 17.7 Å². The second kappa shape index (κ2) is 6.58. The molecule has 0 fully saturated rings. The Bertz CT molecular complexity index is 872. The van der Waals surface area contributed by atoms with E-state index >= 15 is 0 Å². The highest BCUT2D eigenvalue weighted by atomic mass is 35.5. The molecule has 2 aromatic rings. The first-order valence-electron chi connectivity index (χ1n) is 7.24. The van der Waals surface area contributed by atoms with Crippen LogP contribution < -0.4 is 14.2 Å². The Morgan fingerprint density at radius 2 is 1.83 bits per heavy atom. The van der Waals surface area contributed by atoms with Gasteiger partial charge in [0.2, 0.25) is 10.0 Å². The van der Waals surface area contributed by atoms with E-state index in [1.165, 1.54) is 6.07 Å². The summed E-state index contributed by atoms with van der Waals surface area (Å²) in [6, 6.07) is 7.98. The molecule has 2 aromatic carbocycles. The molecule has 1 aliphatic heterocycles. The maximum atomic E-state index is 13.2. The summed E-state index contributed by atoms with van der Waals surface area (Å²) in [5.74, 6) is 0.537. The number of nitrogens with one attached hydrogen (secondary N) is 1. The topological polar surface area (TPSA) is 64.6 Å². The molecule has 0 saturated carbocycles. The summed E-state index contributed by atoms with van der Waals surface area (Å²) in [5, 5.41) is -0.246. The average molecular weight is 372 g/mol. The van der Waals surface area contributed by atoms with Crippen LogP contribution in [0.15, 0.2) is 41.3 Å². The molecule has 0 spiro atoms. The van der Waals surface area contributed by atoms with Gasteiger partial charge in [-0.15, -0.1) is 0 Å². The van der Waals surface area contributed by atoms with E-state index in [1.807, 2.05) is 0 Å². The predicted octanol–water partition coefficient (Wildman–Crippen LogP) is 3.29. The molecule has 1 atom stereocenters. The van der Waals surface area contributed by atoms with Gasteiger partial charge in [-0.05, 0) is 42.8 Å². The summed E-state index contributed by atoms with van der Waals surface area (Å²) >= 11 is 5.66. The van der Waals surface area contributed by atoms with Gasteiger partial charge < -0.3 is 9.47 Å². The number of benzene rings is 2. The van der Waals surface area contributed by atoms with Crippen LogP contribution >= 0.6 is 11.6 Å². The number of sulfonamides is 1. The number of halogens is 2. The van der Waals surface area contributed by atoms with Gasteiger partial charge >= 0.3 is 0 Å². The lowest BCUT2D eigenvalue weighted by Gasteiger charge is -2.21. The molecule has 1 N–H and O–H groups in total. The van der Waals surface area contributed by atoms with Gasteiger partial charge in [0.25, 0.3) is 0 Å². The Balaban J connectivity index is 1.82. The van der Waals surface area contributed by atoms with Crippen LogP contribution in [0.25, 0.3) is 0 Å². The molecule has 0 aliphatic carbocycles. The molecule has 1 heterocycles. The van der Waals surface area contributed by atoms with Crippen molar-refractivity contribution in [3.05, 3.63) is 52.8 Å². The first-order chi connectivity index (χ1) is 11.4. The molecular formula is C16H15ClFNO4S. The summed E-state index contributed by atoms with van der Waals surface area (Å²) in [6.45, 7) is 2.64. The van der Waals surface area contributed by atoms with E-state index in [4.69, 9.17) is 21.1 Å². The molecule has 0 saturated heterocycles. The Hall–Kier alpha value is -1.83. The third-order valence-corrected chi connectivity index (χ3v) is 5.43. The molecule has 0 amide bonds. The molecule has 128 valence electrons. The fourth-order valence-corrected chi connectivity index (χ4v) is 3.85. The lowest BCUT2D eigenvalue weighted by atomic mass is 10.1. The molecule has 3 rings (SSSR count). The van der Waals surface area contributed by atoms with E-state index in [-0.39, 0.29) is 9.92 Å². The van der Waals surface area contributed by atoms with Gasteiger partial charge in [-0.3, -0.25) is 0 Å². The highest BCUT2D eigenvalue weighted by Crippen LogP contribution is 2.33. The van der Waals surface area contributed by atoms with Crippen LogP contribution in [-0.2, 0) is 10.0 Å². The highest BCUT2D eigenvalue weighted by Gasteiger charge is 2.21. The molecular weight excluding hydrogens is 357 g/mol. The zero-order valence-electron chi connectivity index (χ0n) is 12.8. The third-order valence-electron chi connectivity index (χ3n) is 3.60. The minimum Gasteiger partial charge on any atom is -0.486 e. The molecule has 5 nitrogen and oxygen atoms in total. The molecule has 0 aromatic heterocycles. The normalized spacial score (nSPS) is 15.1. The minimum absolute atomic E-state index is 0.0988. The molecule has 0 unspecified atom stereocenters. The van der Waals surface area contributed by atoms with Crippen molar-refractivity contribution in [2.45, 2.75) is 17.9 Å². The van der Waals surface area contributed by atoms with Crippen LogP contribution in [0.5, 0.6) is 11.5 Å². The Morgan fingerprint density at radius 1 is 1.12 bits per heavy atom. The summed E-state index contributed by atoms with van der Waals surface area (Å²) in [7, 11) is -3.84. The van der Waals surface area contributed by atoms with Crippen molar-refractivity contribution >= 4 is 21.6 Å². The molecule has 1 aliphatic rings. The number of ether oxygens (including phenoxy) is 2. The van der Waals surface area contributed by atoms with Crippen LogP contribution in [0, 0.1) is 5.82 Å². The van der Waals surface area contributed by atoms with Gasteiger partial charge in [-0.25, -0.2) is 17.5 Å². The fourth-order valence-electron chi connectivity index (χ4n) is 2.34. The van der Waals surface area contributed by atoms with E-state index in [0.717, 1.165) is 17.7 Å². The molecule has 24 heavy (non-hydrogen) atoms. The number of hydrogen-bond donors (Lipinski definition) is 1. The van der Waals surface area contributed by atoms with Crippen LogP contribution in [0.2, 0.25) is 5.02 Å². The van der Waals surface area contributed by atoms with Crippen molar-refractivity contribution in [2.75, 3.05) is 13.2 Å². The van der Waals surface area contributed by atoms with Gasteiger partial charge in [0, 0.05) is 6.04 Å². The van der Waals surface area contributed by atoms with Gasteiger partial charge in [-0.2, -0.15) is 0 Å². The predicted molar refractivity (Wildman–Crippen MR) is 87.6 cm³/mol. The van der Waals surface area contributed by atoms with E-state index in [9.17, 15) is 12.8 Å². The molecule has 8 heteroatoms. The molecule has 0 bridgehead atoms. The van der Waals surface area contributed by atoms with Crippen molar-refractivity contribution in [2.24, 2.45) is 0 Å². The fraction of sp³-hybridized carbons (Fsp3) is 0.250. The maximum absolute atomic E-state index is 13.2. The lowest BCUT2D eigenvalue weighted by Crippen LogP contribution is -2.27. The van der Waals surface area contributed by atoms with Crippen molar-refractivity contribution in [3.8, 4) is 11.5 Å². The zero-order chi connectivity index (χ0) is 17.3. The monoisotopic (exact) mass is 371 g/mol. The van der Waals surface area contributed by atoms with Gasteiger partial charge in [0.15, 0.2) is 11.5 Å². The van der Waals surface area contributed by atoms with Crippen LogP contribution in [0.3, 0.4) is 0 Å². The second-order valence-electron chi connectivity index (χ2n) is 5.32. The number of hydrogen-bond acceptors (Lipinski definition) is 4. The third kappa shape index (κ3) is 3.48. The standard InChI is InChI=1S/C16H15ClFNO4S/c1-10(11-2-5-15-16(8-11)23-7-6-22-15)19-24(20,21)12-3-4-14(18)13(17)9-12/h2-5,8-10,19H,6-7H2,1H3/t10-/m0/s1. The quantitative estimate of drug-likeness (QED) is 0.895. The first-order valence-corrected chi connectivity index (χ1v) is 9.10. The van der Waals surface area contributed by atoms with E-state index < -0.39 is 21.9 Å². The van der Waals surface area contributed by atoms with Crippen LogP contribution in [0.1, 0.15) is 18.5 Å². The first kappa shape index (κ1) is 17.0. The Morgan fingerprint density at radius 3 is 2.54 bits per heavy atom. The summed E-state index contributed by atoms with van der Waals surface area (Å²) in [5.41, 5.74) is 0.719. The van der Waals surface area contributed by atoms with E-state index in [2.05, 4.69) is 4.72 Å². The smallest absolute Gasteiger partial charge is 0.241 e. The average Bonchev–Trinajstić information content (AvgIpc) is 2.56. The van der Waals surface area contributed by atoms with Crippen molar-refractivity contribution < 1.29 is 22.3 Å². The number of fused-ring (bicyclic) bond motifs is 1. The Kier molecular flexibility index (Phi) is 4.67. The lowest BCUT2D eigenvalue weighted by molar-refractivity contribution is 0.171. The van der Waals surface area contributed by atoms with Crippen LogP contribution in [0.4, 0.5) is 4.39 Å². The molecule has 0 radical (unpaired) electrons. The summed E-state index contributed by atoms with van der Waals surface area (Å²) < 4.78 is 51.5.